The highest BCUT2D eigenvalue weighted by atomic mass is 16.5. The van der Waals surface area contributed by atoms with Crippen molar-refractivity contribution >= 4 is 11.9 Å². The van der Waals surface area contributed by atoms with E-state index in [4.69, 9.17) is 14.2 Å². The zero-order chi connectivity index (χ0) is 18.1. The summed E-state index contributed by atoms with van der Waals surface area (Å²) >= 11 is 0. The van der Waals surface area contributed by atoms with Crippen molar-refractivity contribution in [1.29, 1.82) is 0 Å². The first-order valence-electron chi connectivity index (χ1n) is 7.76. The van der Waals surface area contributed by atoms with Crippen LogP contribution in [0.1, 0.15) is 17.5 Å². The van der Waals surface area contributed by atoms with E-state index in [2.05, 4.69) is 6.58 Å². The highest BCUT2D eigenvalue weighted by Crippen LogP contribution is 2.13. The maximum absolute atomic E-state index is 11.9. The van der Waals surface area contributed by atoms with Crippen LogP contribution in [0.25, 0.3) is 0 Å². The Hall–Kier alpha value is -3.08. The van der Waals surface area contributed by atoms with Crippen molar-refractivity contribution in [1.82, 2.24) is 0 Å². The van der Waals surface area contributed by atoms with E-state index in [9.17, 15) is 9.59 Å². The number of hydrogen-bond donors (Lipinski definition) is 0. The molecule has 130 valence electrons. The van der Waals surface area contributed by atoms with Gasteiger partial charge in [0.25, 0.3) is 0 Å². The Morgan fingerprint density at radius 1 is 0.880 bits per heavy atom. The van der Waals surface area contributed by atoms with Crippen LogP contribution in [0.4, 0.5) is 0 Å². The summed E-state index contributed by atoms with van der Waals surface area (Å²) in [4.78, 5) is 23.7. The minimum absolute atomic E-state index is 0.0654. The average molecular weight is 340 g/mol. The maximum atomic E-state index is 11.9. The van der Waals surface area contributed by atoms with Crippen LogP contribution in [0.3, 0.4) is 0 Å². The van der Waals surface area contributed by atoms with E-state index in [0.717, 1.165) is 16.9 Å². The highest BCUT2D eigenvalue weighted by Gasteiger charge is 2.14. The summed E-state index contributed by atoms with van der Waals surface area (Å²) in [5.41, 5.74) is 1.76. The summed E-state index contributed by atoms with van der Waals surface area (Å²) in [6.45, 7) is 3.85. The molecule has 0 saturated carbocycles. The Balaban J connectivity index is 1.73. The number of esters is 2. The van der Waals surface area contributed by atoms with E-state index in [0.29, 0.717) is 0 Å². The van der Waals surface area contributed by atoms with Crippen LogP contribution in [0.5, 0.6) is 5.75 Å². The van der Waals surface area contributed by atoms with Gasteiger partial charge < -0.3 is 14.2 Å². The lowest BCUT2D eigenvalue weighted by Crippen LogP contribution is -2.13. The molecule has 2 rings (SSSR count). The molecule has 0 N–H and O–H groups in total. The summed E-state index contributed by atoms with van der Waals surface area (Å²) in [7, 11) is 1.58. The molecule has 0 unspecified atom stereocenters. The first-order valence-corrected chi connectivity index (χ1v) is 7.76. The third-order valence-electron chi connectivity index (χ3n) is 3.42. The molecule has 0 aliphatic heterocycles. The quantitative estimate of drug-likeness (QED) is 0.544. The van der Waals surface area contributed by atoms with Gasteiger partial charge in [0.2, 0.25) is 0 Å². The fraction of sp³-hybridized carbons (Fsp3) is 0.200. The van der Waals surface area contributed by atoms with Gasteiger partial charge in [-0.15, -0.1) is 0 Å². The number of rotatable bonds is 8. The number of carbonyl (C=O) groups excluding carboxylic acids is 2. The van der Waals surface area contributed by atoms with E-state index < -0.39 is 11.9 Å². The lowest BCUT2D eigenvalue weighted by atomic mass is 10.2. The second-order valence-electron chi connectivity index (χ2n) is 5.35. The van der Waals surface area contributed by atoms with Crippen molar-refractivity contribution in [3.63, 3.8) is 0 Å². The van der Waals surface area contributed by atoms with Crippen molar-refractivity contribution in [2.45, 2.75) is 19.6 Å². The van der Waals surface area contributed by atoms with E-state index in [1.54, 1.807) is 31.4 Å². The largest absolute Gasteiger partial charge is 0.497 e. The number of methoxy groups -OCH3 is 1. The monoisotopic (exact) mass is 340 g/mol. The van der Waals surface area contributed by atoms with Gasteiger partial charge in [0.15, 0.2) is 0 Å². The first-order chi connectivity index (χ1) is 12.1. The Morgan fingerprint density at radius 2 is 1.48 bits per heavy atom. The van der Waals surface area contributed by atoms with Gasteiger partial charge in [-0.1, -0.05) is 49.0 Å². The van der Waals surface area contributed by atoms with Crippen molar-refractivity contribution in [3.8, 4) is 5.75 Å². The molecule has 2 aromatic rings. The van der Waals surface area contributed by atoms with E-state index in [-0.39, 0.29) is 25.2 Å². The molecule has 0 heterocycles. The van der Waals surface area contributed by atoms with Gasteiger partial charge in [0, 0.05) is 5.57 Å². The van der Waals surface area contributed by atoms with Crippen LogP contribution in [-0.2, 0) is 32.3 Å². The molecule has 0 bridgehead atoms. The molecule has 0 saturated heterocycles. The summed E-state index contributed by atoms with van der Waals surface area (Å²) in [5.74, 6) is -0.410. The zero-order valence-electron chi connectivity index (χ0n) is 14.1. The van der Waals surface area contributed by atoms with Crippen LogP contribution in [0.15, 0.2) is 66.7 Å². The van der Waals surface area contributed by atoms with Crippen LogP contribution in [-0.4, -0.2) is 19.0 Å². The highest BCUT2D eigenvalue weighted by molar-refractivity contribution is 5.93. The normalized spacial score (nSPS) is 9.96. The smallest absolute Gasteiger partial charge is 0.334 e. The summed E-state index contributed by atoms with van der Waals surface area (Å²) in [5, 5.41) is 0. The second-order valence-corrected chi connectivity index (χ2v) is 5.35. The summed E-state index contributed by atoms with van der Waals surface area (Å²) in [6.07, 6.45) is -0.205. The summed E-state index contributed by atoms with van der Waals surface area (Å²) in [6, 6.07) is 16.4. The molecule has 0 radical (unpaired) electrons. The van der Waals surface area contributed by atoms with Gasteiger partial charge in [-0.25, -0.2) is 4.79 Å². The zero-order valence-corrected chi connectivity index (χ0v) is 14.1. The molecule has 0 amide bonds. The standard InChI is InChI=1S/C20H20O5/c1-15(20(22)25-14-16-6-4-3-5-7-16)12-19(21)24-13-17-8-10-18(23-2)11-9-17/h3-11H,1,12-14H2,2H3. The van der Waals surface area contributed by atoms with Crippen molar-refractivity contribution in [2.75, 3.05) is 7.11 Å². The molecule has 0 fully saturated rings. The lowest BCUT2D eigenvalue weighted by molar-refractivity contribution is -0.147. The fourth-order valence-electron chi connectivity index (χ4n) is 2.01. The van der Waals surface area contributed by atoms with Crippen LogP contribution >= 0.6 is 0 Å². The van der Waals surface area contributed by atoms with Gasteiger partial charge in [0.1, 0.15) is 19.0 Å². The van der Waals surface area contributed by atoms with Crippen LogP contribution in [0, 0.1) is 0 Å². The van der Waals surface area contributed by atoms with Gasteiger partial charge in [-0.3, -0.25) is 4.79 Å². The van der Waals surface area contributed by atoms with Crippen molar-refractivity contribution in [3.05, 3.63) is 77.9 Å². The average Bonchev–Trinajstić information content (AvgIpc) is 2.65. The van der Waals surface area contributed by atoms with E-state index in [1.165, 1.54) is 0 Å². The van der Waals surface area contributed by atoms with Gasteiger partial charge in [-0.2, -0.15) is 0 Å². The molecule has 0 aliphatic carbocycles. The Kier molecular flexibility index (Phi) is 6.77. The minimum atomic E-state index is -0.606. The molecule has 0 aliphatic rings. The molecular weight excluding hydrogens is 320 g/mol. The molecule has 0 spiro atoms. The van der Waals surface area contributed by atoms with Crippen LogP contribution < -0.4 is 4.74 Å². The number of hydrogen-bond acceptors (Lipinski definition) is 5. The van der Waals surface area contributed by atoms with E-state index >= 15 is 0 Å². The van der Waals surface area contributed by atoms with E-state index in [1.807, 2.05) is 30.3 Å². The van der Waals surface area contributed by atoms with Gasteiger partial charge in [0.05, 0.1) is 13.5 Å². The molecule has 0 atom stereocenters. The predicted octanol–water partition coefficient (Wildman–Crippen LogP) is 3.43. The first kappa shape index (κ1) is 18.3. The van der Waals surface area contributed by atoms with Gasteiger partial charge in [-0.05, 0) is 23.3 Å². The molecule has 5 nitrogen and oxygen atoms in total. The topological polar surface area (TPSA) is 61.8 Å². The fourth-order valence-corrected chi connectivity index (χ4v) is 2.01. The molecular formula is C20H20O5. The Bertz CT molecular complexity index is 720. The number of benzene rings is 2. The minimum Gasteiger partial charge on any atom is -0.497 e. The molecule has 25 heavy (non-hydrogen) atoms. The van der Waals surface area contributed by atoms with Crippen molar-refractivity contribution < 1.29 is 23.8 Å². The molecule has 2 aromatic carbocycles. The maximum Gasteiger partial charge on any atom is 0.334 e. The summed E-state index contributed by atoms with van der Waals surface area (Å²) < 4.78 is 15.3. The Labute approximate surface area is 146 Å². The van der Waals surface area contributed by atoms with Crippen LogP contribution in [0.2, 0.25) is 0 Å². The third kappa shape index (κ3) is 6.14. The third-order valence-corrected chi connectivity index (χ3v) is 3.42. The van der Waals surface area contributed by atoms with Gasteiger partial charge >= 0.3 is 11.9 Å². The Morgan fingerprint density at radius 3 is 2.12 bits per heavy atom. The molecule has 5 heteroatoms. The number of carbonyl (C=O) groups is 2. The van der Waals surface area contributed by atoms with Crippen molar-refractivity contribution in [2.24, 2.45) is 0 Å². The number of ether oxygens (including phenoxy) is 3. The lowest BCUT2D eigenvalue weighted by Gasteiger charge is -2.08. The predicted molar refractivity (Wildman–Crippen MR) is 92.8 cm³/mol. The molecule has 0 aromatic heterocycles. The second kappa shape index (κ2) is 9.27. The SMILES string of the molecule is C=C(CC(=O)OCc1ccc(OC)cc1)C(=O)OCc1ccccc1.